The number of urea groups is 1. The van der Waals surface area contributed by atoms with E-state index in [4.69, 9.17) is 9.47 Å². The van der Waals surface area contributed by atoms with Gasteiger partial charge in [-0.1, -0.05) is 18.2 Å². The summed E-state index contributed by atoms with van der Waals surface area (Å²) in [5.41, 5.74) is -2.06. The number of esters is 1. The normalized spacial score (nSPS) is 31.7. The molecule has 26 heavy (non-hydrogen) atoms. The van der Waals surface area contributed by atoms with E-state index in [1.54, 1.807) is 18.2 Å². The Morgan fingerprint density at radius 1 is 1.42 bits per heavy atom. The summed E-state index contributed by atoms with van der Waals surface area (Å²) in [6.07, 6.45) is -3.97. The standard InChI is InChI=1S/C17H19FN2O6/c1-17(18)13(26-14(23)10-5-3-2-4-6-10)11(9-21)25-15(17)20-8-7-12(22)19-16(20)24/h2-6,11,13,15,21H,7-9H2,1H3,(H,19,22,24)/t11-,13-,15-,17-/m1/s1. The Morgan fingerprint density at radius 2 is 2.12 bits per heavy atom. The van der Waals surface area contributed by atoms with Gasteiger partial charge in [-0.15, -0.1) is 0 Å². The van der Waals surface area contributed by atoms with Gasteiger partial charge in [0.15, 0.2) is 18.0 Å². The van der Waals surface area contributed by atoms with Crippen molar-refractivity contribution < 1.29 is 33.4 Å². The number of hydrogen-bond donors (Lipinski definition) is 2. The second kappa shape index (κ2) is 7.00. The predicted molar refractivity (Wildman–Crippen MR) is 85.8 cm³/mol. The van der Waals surface area contributed by atoms with Gasteiger partial charge < -0.3 is 14.6 Å². The molecule has 4 atom stereocenters. The maximum Gasteiger partial charge on any atom is 0.338 e. The van der Waals surface area contributed by atoms with Gasteiger partial charge in [-0.2, -0.15) is 0 Å². The first-order valence-corrected chi connectivity index (χ1v) is 8.16. The van der Waals surface area contributed by atoms with Crippen molar-refractivity contribution in [3.63, 3.8) is 0 Å². The number of carbonyl (C=O) groups is 3. The van der Waals surface area contributed by atoms with Gasteiger partial charge in [0.1, 0.15) is 6.10 Å². The zero-order chi connectivity index (χ0) is 18.9. The van der Waals surface area contributed by atoms with E-state index in [-0.39, 0.29) is 18.5 Å². The molecule has 3 amide bonds. The minimum absolute atomic E-state index is 0.0000582. The molecule has 0 spiro atoms. The summed E-state index contributed by atoms with van der Waals surface area (Å²) < 4.78 is 26.2. The molecular weight excluding hydrogens is 347 g/mol. The van der Waals surface area contributed by atoms with Crippen LogP contribution in [0.2, 0.25) is 0 Å². The Labute approximate surface area is 148 Å². The van der Waals surface area contributed by atoms with Crippen LogP contribution in [0.15, 0.2) is 30.3 Å². The Bertz CT molecular complexity index is 710. The van der Waals surface area contributed by atoms with Crippen LogP contribution in [0.25, 0.3) is 0 Å². The van der Waals surface area contributed by atoms with Crippen LogP contribution >= 0.6 is 0 Å². The summed E-state index contributed by atoms with van der Waals surface area (Å²) in [5.74, 6) is -1.23. The van der Waals surface area contributed by atoms with Crippen LogP contribution in [0.1, 0.15) is 23.7 Å². The minimum Gasteiger partial charge on any atom is -0.452 e. The molecule has 1 aromatic rings. The van der Waals surface area contributed by atoms with Crippen molar-refractivity contribution in [1.82, 2.24) is 10.2 Å². The first kappa shape index (κ1) is 18.3. The number of amides is 3. The molecule has 0 aromatic heterocycles. The van der Waals surface area contributed by atoms with Crippen LogP contribution in [0.5, 0.6) is 0 Å². The van der Waals surface area contributed by atoms with E-state index in [9.17, 15) is 19.5 Å². The fraction of sp³-hybridized carbons (Fsp3) is 0.471. The number of aliphatic hydroxyl groups excluding tert-OH is 1. The summed E-state index contributed by atoms with van der Waals surface area (Å²) in [7, 11) is 0. The number of rotatable bonds is 4. The molecule has 8 nitrogen and oxygen atoms in total. The maximum atomic E-state index is 15.5. The molecule has 140 valence electrons. The number of nitrogens with zero attached hydrogens (tertiary/aromatic N) is 1. The summed E-state index contributed by atoms with van der Waals surface area (Å²) >= 11 is 0. The Balaban J connectivity index is 1.80. The predicted octanol–water partition coefficient (Wildman–Crippen LogP) is 0.599. The fourth-order valence-corrected chi connectivity index (χ4v) is 3.14. The summed E-state index contributed by atoms with van der Waals surface area (Å²) in [5, 5.41) is 11.6. The molecule has 1 aromatic carbocycles. The number of aliphatic hydroxyl groups is 1. The van der Waals surface area contributed by atoms with Crippen molar-refractivity contribution >= 4 is 17.9 Å². The third-order valence-electron chi connectivity index (χ3n) is 4.47. The molecule has 0 aliphatic carbocycles. The quantitative estimate of drug-likeness (QED) is 0.756. The number of ether oxygens (including phenoxy) is 2. The van der Waals surface area contributed by atoms with Gasteiger partial charge in [-0.05, 0) is 19.1 Å². The number of carbonyl (C=O) groups excluding carboxylic acids is 3. The Hall–Kier alpha value is -2.52. The zero-order valence-corrected chi connectivity index (χ0v) is 14.1. The van der Waals surface area contributed by atoms with Crippen molar-refractivity contribution in [3.05, 3.63) is 35.9 Å². The highest BCUT2D eigenvalue weighted by Crippen LogP contribution is 2.39. The number of imide groups is 1. The van der Waals surface area contributed by atoms with E-state index in [2.05, 4.69) is 5.32 Å². The van der Waals surface area contributed by atoms with Crippen LogP contribution < -0.4 is 5.32 Å². The molecular formula is C17H19FN2O6. The lowest BCUT2D eigenvalue weighted by molar-refractivity contribution is -0.126. The van der Waals surface area contributed by atoms with Crippen molar-refractivity contribution in [2.75, 3.05) is 13.2 Å². The topological polar surface area (TPSA) is 105 Å². The lowest BCUT2D eigenvalue weighted by atomic mass is 9.97. The van der Waals surface area contributed by atoms with E-state index >= 15 is 4.39 Å². The number of benzene rings is 1. The number of halogens is 1. The Morgan fingerprint density at radius 3 is 2.73 bits per heavy atom. The summed E-state index contributed by atoms with van der Waals surface area (Å²) in [4.78, 5) is 36.6. The highest BCUT2D eigenvalue weighted by atomic mass is 19.1. The lowest BCUT2D eigenvalue weighted by Gasteiger charge is -2.36. The highest BCUT2D eigenvalue weighted by Gasteiger charge is 2.60. The molecule has 0 bridgehead atoms. The van der Waals surface area contributed by atoms with Crippen molar-refractivity contribution in [1.29, 1.82) is 0 Å². The van der Waals surface area contributed by atoms with Crippen LogP contribution in [0, 0.1) is 0 Å². The Kier molecular flexibility index (Phi) is 4.92. The first-order valence-electron chi connectivity index (χ1n) is 8.16. The molecule has 0 unspecified atom stereocenters. The van der Waals surface area contributed by atoms with Crippen LogP contribution in [0.3, 0.4) is 0 Å². The van der Waals surface area contributed by atoms with Crippen molar-refractivity contribution in [2.45, 2.75) is 37.4 Å². The van der Waals surface area contributed by atoms with E-state index in [1.807, 2.05) is 0 Å². The maximum absolute atomic E-state index is 15.5. The average Bonchev–Trinajstić information content (AvgIpc) is 2.86. The van der Waals surface area contributed by atoms with Crippen LogP contribution in [-0.4, -0.2) is 65.2 Å². The molecule has 0 radical (unpaired) electrons. The highest BCUT2D eigenvalue weighted by molar-refractivity contribution is 5.96. The van der Waals surface area contributed by atoms with E-state index in [0.717, 1.165) is 11.8 Å². The molecule has 0 saturated carbocycles. The lowest BCUT2D eigenvalue weighted by Crippen LogP contribution is -2.59. The average molecular weight is 366 g/mol. The molecule has 3 rings (SSSR count). The summed E-state index contributed by atoms with van der Waals surface area (Å²) in [6.45, 7) is 0.503. The van der Waals surface area contributed by atoms with Gasteiger partial charge in [0.25, 0.3) is 0 Å². The second-order valence-corrected chi connectivity index (χ2v) is 6.35. The monoisotopic (exact) mass is 366 g/mol. The molecule has 2 aliphatic heterocycles. The molecule has 2 fully saturated rings. The van der Waals surface area contributed by atoms with E-state index < -0.39 is 48.6 Å². The van der Waals surface area contributed by atoms with Gasteiger partial charge in [0.05, 0.1) is 12.2 Å². The van der Waals surface area contributed by atoms with Gasteiger partial charge in [0, 0.05) is 13.0 Å². The number of alkyl halides is 1. The van der Waals surface area contributed by atoms with Crippen LogP contribution in [-0.2, 0) is 14.3 Å². The number of nitrogens with one attached hydrogen (secondary N) is 1. The molecule has 9 heteroatoms. The van der Waals surface area contributed by atoms with Gasteiger partial charge >= 0.3 is 12.0 Å². The zero-order valence-electron chi connectivity index (χ0n) is 14.1. The number of hydrogen-bond acceptors (Lipinski definition) is 6. The van der Waals surface area contributed by atoms with Gasteiger partial charge in [0.2, 0.25) is 5.91 Å². The van der Waals surface area contributed by atoms with Crippen molar-refractivity contribution in [3.8, 4) is 0 Å². The largest absolute Gasteiger partial charge is 0.452 e. The van der Waals surface area contributed by atoms with E-state index in [1.165, 1.54) is 12.1 Å². The van der Waals surface area contributed by atoms with Gasteiger partial charge in [-0.3, -0.25) is 15.0 Å². The molecule has 2 heterocycles. The fourth-order valence-electron chi connectivity index (χ4n) is 3.14. The van der Waals surface area contributed by atoms with Gasteiger partial charge in [-0.25, -0.2) is 14.0 Å². The second-order valence-electron chi connectivity index (χ2n) is 6.35. The smallest absolute Gasteiger partial charge is 0.338 e. The molecule has 2 aliphatic rings. The first-order chi connectivity index (χ1) is 12.3. The summed E-state index contributed by atoms with van der Waals surface area (Å²) in [6, 6.07) is 7.24. The third-order valence-corrected chi connectivity index (χ3v) is 4.47. The van der Waals surface area contributed by atoms with Crippen molar-refractivity contribution in [2.24, 2.45) is 0 Å². The molecule has 2 N–H and O–H groups in total. The van der Waals surface area contributed by atoms with Crippen LogP contribution in [0.4, 0.5) is 9.18 Å². The third kappa shape index (κ3) is 3.27. The van der Waals surface area contributed by atoms with E-state index in [0.29, 0.717) is 0 Å². The molecule has 2 saturated heterocycles. The minimum atomic E-state index is -2.28. The SMILES string of the molecule is C[C@@]1(F)[C@H](OC(=O)c2ccccc2)[C@@H](CO)O[C@H]1N1CCC(=O)NC1=O.